The van der Waals surface area contributed by atoms with Gasteiger partial charge in [0, 0.05) is 4.47 Å². The van der Waals surface area contributed by atoms with E-state index < -0.39 is 5.97 Å². The van der Waals surface area contributed by atoms with Crippen LogP contribution in [0.5, 0.6) is 5.75 Å². The Balaban J connectivity index is 3.31. The summed E-state index contributed by atoms with van der Waals surface area (Å²) in [7, 11) is 1.58. The summed E-state index contributed by atoms with van der Waals surface area (Å²) in [5.74, 6) is -0.203. The number of aliphatic carboxylic acids is 1. The van der Waals surface area contributed by atoms with Gasteiger partial charge < -0.3 is 15.2 Å². The molecule has 0 radical (unpaired) electrons. The molecule has 0 aliphatic carbocycles. The Kier molecular flexibility index (Phi) is 4.40. The Bertz CT molecular complexity index is 458. The van der Waals surface area contributed by atoms with Crippen molar-refractivity contribution < 1.29 is 14.6 Å². The third-order valence-electron chi connectivity index (χ3n) is 2.78. The molecule has 0 fully saturated rings. The molecule has 0 aromatic heterocycles. The first-order chi connectivity index (χ1) is 7.90. The van der Waals surface area contributed by atoms with Gasteiger partial charge in [-0.15, -0.1) is 0 Å². The highest BCUT2D eigenvalue weighted by atomic mass is 79.9. The molecule has 0 saturated heterocycles. The first-order valence-electron chi connectivity index (χ1n) is 5.19. The third kappa shape index (κ3) is 2.72. The number of hydrogen-bond donors (Lipinski definition) is 2. The second kappa shape index (κ2) is 5.40. The monoisotopic (exact) mass is 301 g/mol. The van der Waals surface area contributed by atoms with Crippen LogP contribution in [0.4, 0.5) is 5.69 Å². The summed E-state index contributed by atoms with van der Waals surface area (Å²) in [6.07, 6.45) is 0. The van der Waals surface area contributed by atoms with Crippen LogP contribution >= 0.6 is 15.9 Å². The summed E-state index contributed by atoms with van der Waals surface area (Å²) in [5, 5.41) is 11.6. The number of carboxylic acid groups (broad SMARTS) is 1. The second-order valence-electron chi connectivity index (χ2n) is 3.84. The smallest absolute Gasteiger partial charge is 0.322 e. The second-order valence-corrected chi connectivity index (χ2v) is 4.64. The van der Waals surface area contributed by atoms with Crippen LogP contribution in [0.1, 0.15) is 16.7 Å². The molecule has 0 unspecified atom stereocenters. The first kappa shape index (κ1) is 13.8. The molecule has 0 aliphatic rings. The number of rotatable bonds is 4. The normalized spacial score (nSPS) is 10.2. The molecule has 0 aliphatic heterocycles. The molecule has 4 nitrogen and oxygen atoms in total. The van der Waals surface area contributed by atoms with Crippen molar-refractivity contribution >= 4 is 27.6 Å². The minimum Gasteiger partial charge on any atom is -0.494 e. The average Bonchev–Trinajstić information content (AvgIpc) is 2.29. The maximum atomic E-state index is 10.6. The number of methoxy groups -OCH3 is 1. The number of ether oxygens (including phenoxy) is 1. The first-order valence-corrected chi connectivity index (χ1v) is 5.98. The van der Waals surface area contributed by atoms with Gasteiger partial charge in [-0.25, -0.2) is 0 Å². The number of anilines is 1. The Morgan fingerprint density at radius 3 is 2.35 bits per heavy atom. The molecule has 0 spiro atoms. The number of nitrogens with one attached hydrogen (secondary N) is 1. The van der Waals surface area contributed by atoms with Crippen LogP contribution in [0, 0.1) is 20.8 Å². The Hall–Kier alpha value is -1.23. The lowest BCUT2D eigenvalue weighted by Crippen LogP contribution is -2.14. The molecule has 0 bridgehead atoms. The van der Waals surface area contributed by atoms with Gasteiger partial charge in [0.15, 0.2) is 0 Å². The van der Waals surface area contributed by atoms with E-state index in [1.165, 1.54) is 0 Å². The Morgan fingerprint density at radius 1 is 1.29 bits per heavy atom. The minimum atomic E-state index is -0.902. The van der Waals surface area contributed by atoms with E-state index in [1.807, 2.05) is 20.8 Å². The third-order valence-corrected chi connectivity index (χ3v) is 3.97. The van der Waals surface area contributed by atoms with E-state index in [4.69, 9.17) is 9.84 Å². The fourth-order valence-electron chi connectivity index (χ4n) is 1.72. The van der Waals surface area contributed by atoms with E-state index in [1.54, 1.807) is 7.11 Å². The van der Waals surface area contributed by atoms with Gasteiger partial charge in [-0.2, -0.15) is 0 Å². The molecule has 0 heterocycles. The number of carbonyl (C=O) groups is 1. The number of benzene rings is 1. The highest BCUT2D eigenvalue weighted by Crippen LogP contribution is 2.39. The standard InChI is InChI=1S/C12H16BrNO3/c1-6-7(2)12(17-4)11(8(3)10(6)13)14-5-9(15)16/h14H,5H2,1-4H3,(H,15,16). The predicted molar refractivity (Wildman–Crippen MR) is 71.0 cm³/mol. The van der Waals surface area contributed by atoms with Crippen LogP contribution in [-0.4, -0.2) is 24.7 Å². The zero-order valence-corrected chi connectivity index (χ0v) is 11.9. The van der Waals surface area contributed by atoms with Crippen molar-refractivity contribution in [2.24, 2.45) is 0 Å². The largest absolute Gasteiger partial charge is 0.494 e. The molecule has 0 saturated carbocycles. The maximum Gasteiger partial charge on any atom is 0.322 e. The molecule has 2 N–H and O–H groups in total. The van der Waals surface area contributed by atoms with E-state index >= 15 is 0 Å². The van der Waals surface area contributed by atoms with E-state index in [0.29, 0.717) is 5.75 Å². The van der Waals surface area contributed by atoms with Crippen LogP contribution < -0.4 is 10.1 Å². The molecule has 1 rings (SSSR count). The number of hydrogen-bond acceptors (Lipinski definition) is 3. The van der Waals surface area contributed by atoms with Crippen molar-refractivity contribution in [1.29, 1.82) is 0 Å². The van der Waals surface area contributed by atoms with Crippen LogP contribution in [0.3, 0.4) is 0 Å². The quantitative estimate of drug-likeness (QED) is 0.898. The molecule has 17 heavy (non-hydrogen) atoms. The number of halogens is 1. The topological polar surface area (TPSA) is 58.6 Å². The summed E-state index contributed by atoms with van der Waals surface area (Å²) in [5.41, 5.74) is 3.77. The maximum absolute atomic E-state index is 10.6. The van der Waals surface area contributed by atoms with Crippen LogP contribution in [0.25, 0.3) is 0 Å². The van der Waals surface area contributed by atoms with Gasteiger partial charge in [0.25, 0.3) is 0 Å². The van der Waals surface area contributed by atoms with E-state index in [0.717, 1.165) is 26.9 Å². The molecular weight excluding hydrogens is 286 g/mol. The summed E-state index contributed by atoms with van der Waals surface area (Å²) in [6.45, 7) is 5.73. The molecule has 0 atom stereocenters. The highest BCUT2D eigenvalue weighted by molar-refractivity contribution is 9.10. The van der Waals surface area contributed by atoms with Crippen molar-refractivity contribution in [1.82, 2.24) is 0 Å². The molecular formula is C12H16BrNO3. The summed E-state index contributed by atoms with van der Waals surface area (Å²) in [6, 6.07) is 0. The van der Waals surface area contributed by atoms with Crippen LogP contribution in [0.2, 0.25) is 0 Å². The zero-order valence-electron chi connectivity index (χ0n) is 10.3. The molecule has 94 valence electrons. The zero-order chi connectivity index (χ0) is 13.2. The van der Waals surface area contributed by atoms with E-state index in [9.17, 15) is 4.79 Å². The molecule has 0 amide bonds. The SMILES string of the molecule is COc1c(C)c(C)c(Br)c(C)c1NCC(=O)O. The van der Waals surface area contributed by atoms with Gasteiger partial charge in [-0.1, -0.05) is 15.9 Å². The fraction of sp³-hybridized carbons (Fsp3) is 0.417. The van der Waals surface area contributed by atoms with Crippen molar-refractivity contribution in [3.63, 3.8) is 0 Å². The van der Waals surface area contributed by atoms with Crippen LogP contribution in [0.15, 0.2) is 4.47 Å². The molecule has 5 heteroatoms. The number of carboxylic acids is 1. The fourth-order valence-corrected chi connectivity index (χ4v) is 2.21. The highest BCUT2D eigenvalue weighted by Gasteiger charge is 2.16. The predicted octanol–water partition coefficient (Wildman–Crippen LogP) is 2.88. The van der Waals surface area contributed by atoms with Crippen molar-refractivity contribution in [2.75, 3.05) is 19.0 Å². The van der Waals surface area contributed by atoms with Gasteiger partial charge >= 0.3 is 5.97 Å². The average molecular weight is 302 g/mol. The Morgan fingerprint density at radius 2 is 1.88 bits per heavy atom. The van der Waals surface area contributed by atoms with E-state index in [-0.39, 0.29) is 6.54 Å². The lowest BCUT2D eigenvalue weighted by molar-refractivity contribution is -0.134. The molecule has 1 aromatic carbocycles. The summed E-state index contributed by atoms with van der Waals surface area (Å²) >= 11 is 3.51. The van der Waals surface area contributed by atoms with Gasteiger partial charge in [-0.05, 0) is 37.5 Å². The van der Waals surface area contributed by atoms with Crippen molar-refractivity contribution in [2.45, 2.75) is 20.8 Å². The minimum absolute atomic E-state index is 0.133. The van der Waals surface area contributed by atoms with Crippen LogP contribution in [-0.2, 0) is 4.79 Å². The van der Waals surface area contributed by atoms with Gasteiger partial charge in [-0.3, -0.25) is 4.79 Å². The van der Waals surface area contributed by atoms with Crippen molar-refractivity contribution in [3.8, 4) is 5.75 Å². The summed E-state index contributed by atoms with van der Waals surface area (Å²) in [4.78, 5) is 10.6. The Labute approximate surface area is 109 Å². The van der Waals surface area contributed by atoms with E-state index in [2.05, 4.69) is 21.2 Å². The van der Waals surface area contributed by atoms with Gasteiger partial charge in [0.1, 0.15) is 12.3 Å². The lowest BCUT2D eigenvalue weighted by Gasteiger charge is -2.19. The lowest BCUT2D eigenvalue weighted by atomic mass is 10.0. The van der Waals surface area contributed by atoms with Gasteiger partial charge in [0.05, 0.1) is 12.8 Å². The molecule has 1 aromatic rings. The summed E-state index contributed by atoms with van der Waals surface area (Å²) < 4.78 is 6.32. The van der Waals surface area contributed by atoms with Gasteiger partial charge in [0.2, 0.25) is 0 Å². The van der Waals surface area contributed by atoms with Crippen molar-refractivity contribution in [3.05, 3.63) is 21.2 Å².